The van der Waals surface area contributed by atoms with Gasteiger partial charge in [0.1, 0.15) is 5.01 Å². The molecule has 2 aromatic rings. The zero-order valence-electron chi connectivity index (χ0n) is 15.0. The van der Waals surface area contributed by atoms with Crippen LogP contribution in [0.15, 0.2) is 27.9 Å². The van der Waals surface area contributed by atoms with E-state index in [-0.39, 0.29) is 36.4 Å². The van der Waals surface area contributed by atoms with E-state index in [1.54, 1.807) is 6.07 Å². The monoisotopic (exact) mass is 547 g/mol. The average molecular weight is 547 g/mol. The number of aromatic nitrogens is 1. The van der Waals surface area contributed by atoms with Crippen LogP contribution >= 0.6 is 46.7 Å². The molecule has 0 aromatic carbocycles. The maximum Gasteiger partial charge on any atom is 0.434 e. The van der Waals surface area contributed by atoms with Crippen LogP contribution in [0.5, 0.6) is 0 Å². The van der Waals surface area contributed by atoms with Gasteiger partial charge in [0.2, 0.25) is 0 Å². The number of carbonyl (C=O) groups excluding carboxylic acids is 1. The molecule has 6 nitrogen and oxygen atoms in total. The standard InChI is InChI=1S/C16H20F3N5OS2.HI/c1-2-20-15(23-9-13-24-12(10-27-13)16(17,18)19)22-7-4-6-21-14(25)11-5-3-8-26-11;/h3,5,8,10H,2,4,6-7,9H2,1H3,(H,21,25)(H2,20,22,23);1H. The maximum atomic E-state index is 12.6. The highest BCUT2D eigenvalue weighted by Gasteiger charge is 2.33. The van der Waals surface area contributed by atoms with Gasteiger partial charge in [0.15, 0.2) is 11.7 Å². The lowest BCUT2D eigenvalue weighted by Gasteiger charge is -2.11. The van der Waals surface area contributed by atoms with E-state index in [9.17, 15) is 18.0 Å². The molecule has 0 saturated heterocycles. The molecule has 0 radical (unpaired) electrons. The van der Waals surface area contributed by atoms with Crippen molar-refractivity contribution in [1.82, 2.24) is 20.9 Å². The molecule has 0 fully saturated rings. The first-order valence-electron chi connectivity index (χ1n) is 8.25. The van der Waals surface area contributed by atoms with Crippen LogP contribution in [-0.2, 0) is 12.7 Å². The van der Waals surface area contributed by atoms with Crippen molar-refractivity contribution in [2.24, 2.45) is 4.99 Å². The van der Waals surface area contributed by atoms with Crippen molar-refractivity contribution in [1.29, 1.82) is 0 Å². The summed E-state index contributed by atoms with van der Waals surface area (Å²) in [5.74, 6) is 0.389. The summed E-state index contributed by atoms with van der Waals surface area (Å²) in [5, 5.41) is 12.0. The third-order valence-electron chi connectivity index (χ3n) is 3.24. The van der Waals surface area contributed by atoms with Crippen molar-refractivity contribution in [2.45, 2.75) is 26.1 Å². The summed E-state index contributed by atoms with van der Waals surface area (Å²) in [6.45, 7) is 3.63. The molecule has 0 bridgehead atoms. The smallest absolute Gasteiger partial charge is 0.357 e. The van der Waals surface area contributed by atoms with E-state index in [2.05, 4.69) is 25.9 Å². The molecule has 0 unspecified atom stereocenters. The second-order valence-electron chi connectivity index (χ2n) is 5.33. The maximum absolute atomic E-state index is 12.6. The first-order valence-corrected chi connectivity index (χ1v) is 10.0. The normalized spacial score (nSPS) is 11.6. The molecule has 0 aliphatic rings. The summed E-state index contributed by atoms with van der Waals surface area (Å²) >= 11 is 2.31. The lowest BCUT2D eigenvalue weighted by molar-refractivity contribution is -0.140. The lowest BCUT2D eigenvalue weighted by Crippen LogP contribution is -2.38. The summed E-state index contributed by atoms with van der Waals surface area (Å²) < 4.78 is 37.7. The van der Waals surface area contributed by atoms with Gasteiger partial charge in [0, 0.05) is 25.0 Å². The third kappa shape index (κ3) is 8.31. The Morgan fingerprint density at radius 1 is 1.21 bits per heavy atom. The second-order valence-corrected chi connectivity index (χ2v) is 7.22. The average Bonchev–Trinajstić information content (AvgIpc) is 3.30. The summed E-state index contributed by atoms with van der Waals surface area (Å²) in [6, 6.07) is 3.58. The number of nitrogens with zero attached hydrogens (tertiary/aromatic N) is 2. The van der Waals surface area contributed by atoms with Crippen LogP contribution in [0.25, 0.3) is 0 Å². The number of halogens is 4. The minimum Gasteiger partial charge on any atom is -0.357 e. The Bertz CT molecular complexity index is 750. The van der Waals surface area contributed by atoms with Crippen LogP contribution in [0.2, 0.25) is 0 Å². The molecule has 12 heteroatoms. The van der Waals surface area contributed by atoms with Gasteiger partial charge in [-0.3, -0.25) is 4.79 Å². The molecular weight excluding hydrogens is 526 g/mol. The molecule has 2 heterocycles. The number of carbonyl (C=O) groups is 1. The Balaban J connectivity index is 0.00000392. The number of hydrogen-bond acceptors (Lipinski definition) is 5. The van der Waals surface area contributed by atoms with Gasteiger partial charge in [-0.25, -0.2) is 9.98 Å². The topological polar surface area (TPSA) is 78.4 Å². The van der Waals surface area contributed by atoms with Gasteiger partial charge in [-0.15, -0.1) is 46.7 Å². The third-order valence-corrected chi connectivity index (χ3v) is 4.94. The number of aliphatic imine (C=N–C) groups is 1. The lowest BCUT2D eigenvalue weighted by atomic mass is 10.4. The summed E-state index contributed by atoms with van der Waals surface area (Å²) in [7, 11) is 0. The van der Waals surface area contributed by atoms with Crippen LogP contribution in [0.1, 0.15) is 33.7 Å². The molecule has 2 rings (SSSR count). The highest BCUT2D eigenvalue weighted by atomic mass is 127. The highest BCUT2D eigenvalue weighted by Crippen LogP contribution is 2.30. The Labute approximate surface area is 186 Å². The number of amides is 1. The number of hydrogen-bond donors (Lipinski definition) is 3. The minimum atomic E-state index is -4.44. The van der Waals surface area contributed by atoms with Gasteiger partial charge in [0.05, 0.1) is 11.4 Å². The van der Waals surface area contributed by atoms with E-state index in [0.29, 0.717) is 41.9 Å². The molecule has 3 N–H and O–H groups in total. The van der Waals surface area contributed by atoms with Crippen molar-refractivity contribution >= 4 is 58.5 Å². The van der Waals surface area contributed by atoms with Crippen LogP contribution < -0.4 is 16.0 Å². The van der Waals surface area contributed by atoms with Crippen molar-refractivity contribution in [3.8, 4) is 0 Å². The summed E-state index contributed by atoms with van der Waals surface area (Å²) in [4.78, 5) is 20.3. The molecule has 2 aromatic heterocycles. The molecule has 0 aliphatic carbocycles. The van der Waals surface area contributed by atoms with E-state index in [1.165, 1.54) is 11.3 Å². The first-order chi connectivity index (χ1) is 12.9. The van der Waals surface area contributed by atoms with Gasteiger partial charge >= 0.3 is 6.18 Å². The van der Waals surface area contributed by atoms with Gasteiger partial charge in [-0.1, -0.05) is 6.07 Å². The molecular formula is C16H21F3IN5OS2. The predicted molar refractivity (Wildman–Crippen MR) is 117 cm³/mol. The van der Waals surface area contributed by atoms with E-state index < -0.39 is 11.9 Å². The number of alkyl halides is 3. The van der Waals surface area contributed by atoms with Crippen LogP contribution in [0.4, 0.5) is 13.2 Å². The van der Waals surface area contributed by atoms with Crippen molar-refractivity contribution in [3.63, 3.8) is 0 Å². The fourth-order valence-electron chi connectivity index (χ4n) is 1.99. The largest absolute Gasteiger partial charge is 0.434 e. The first kappa shape index (κ1) is 24.6. The minimum absolute atomic E-state index is 0. The zero-order valence-corrected chi connectivity index (χ0v) is 19.0. The number of nitrogens with one attached hydrogen (secondary N) is 3. The molecule has 0 spiro atoms. The molecule has 28 heavy (non-hydrogen) atoms. The van der Waals surface area contributed by atoms with Crippen molar-refractivity contribution < 1.29 is 18.0 Å². The number of thiophene rings is 1. The number of guanidine groups is 1. The Kier molecular flexibility index (Phi) is 10.7. The summed E-state index contributed by atoms with van der Waals surface area (Å²) in [5.41, 5.74) is -0.892. The van der Waals surface area contributed by atoms with Gasteiger partial charge in [-0.2, -0.15) is 13.2 Å². The molecule has 1 amide bonds. The molecule has 0 aliphatic heterocycles. The van der Waals surface area contributed by atoms with Crippen LogP contribution in [-0.4, -0.2) is 36.5 Å². The quantitative estimate of drug-likeness (QED) is 0.204. The highest BCUT2D eigenvalue weighted by molar-refractivity contribution is 14.0. The van der Waals surface area contributed by atoms with Crippen LogP contribution in [0.3, 0.4) is 0 Å². The SMILES string of the molecule is CCNC(=NCc1nc(C(F)(F)F)cs1)NCCCNC(=O)c1cccs1.I. The predicted octanol–water partition coefficient (Wildman–Crippen LogP) is 3.72. The molecule has 156 valence electrons. The zero-order chi connectivity index (χ0) is 19.7. The van der Waals surface area contributed by atoms with Gasteiger partial charge in [-0.05, 0) is 24.8 Å². The van der Waals surface area contributed by atoms with E-state index in [4.69, 9.17) is 0 Å². The van der Waals surface area contributed by atoms with Gasteiger partial charge < -0.3 is 16.0 Å². The molecule has 0 saturated carbocycles. The Morgan fingerprint density at radius 3 is 2.57 bits per heavy atom. The van der Waals surface area contributed by atoms with E-state index >= 15 is 0 Å². The summed E-state index contributed by atoms with van der Waals surface area (Å²) in [6.07, 6.45) is -3.76. The molecule has 0 atom stereocenters. The van der Waals surface area contributed by atoms with E-state index in [1.807, 2.05) is 18.4 Å². The van der Waals surface area contributed by atoms with Crippen LogP contribution in [0, 0.1) is 0 Å². The fraction of sp³-hybridized carbons (Fsp3) is 0.438. The van der Waals surface area contributed by atoms with E-state index in [0.717, 1.165) is 16.7 Å². The number of rotatable bonds is 8. The Morgan fingerprint density at radius 2 is 1.96 bits per heavy atom. The fourth-order valence-corrected chi connectivity index (χ4v) is 3.36. The van der Waals surface area contributed by atoms with Gasteiger partial charge in [0.25, 0.3) is 5.91 Å². The van der Waals surface area contributed by atoms with Crippen molar-refractivity contribution in [2.75, 3.05) is 19.6 Å². The Hall–Kier alpha value is -1.41. The van der Waals surface area contributed by atoms with Crippen molar-refractivity contribution in [3.05, 3.63) is 38.5 Å². The number of thiazole rings is 1. The second kappa shape index (κ2) is 12.2.